The molecule has 2 aromatic carbocycles. The van der Waals surface area contributed by atoms with Crippen molar-refractivity contribution in [1.29, 1.82) is 0 Å². The molecule has 1 fully saturated rings. The Morgan fingerprint density at radius 2 is 1.93 bits per heavy atom. The summed E-state index contributed by atoms with van der Waals surface area (Å²) in [5.41, 5.74) is 2.49. The Labute approximate surface area is 249 Å². The molecule has 1 aliphatic heterocycles. The van der Waals surface area contributed by atoms with Gasteiger partial charge in [-0.15, -0.1) is 5.10 Å². The van der Waals surface area contributed by atoms with Gasteiger partial charge in [0.1, 0.15) is 23.3 Å². The largest absolute Gasteiger partial charge is 0.497 e. The van der Waals surface area contributed by atoms with Crippen LogP contribution in [-0.4, -0.2) is 49.8 Å². The lowest BCUT2D eigenvalue weighted by Gasteiger charge is -2.32. The highest BCUT2D eigenvalue weighted by Crippen LogP contribution is 2.31. The van der Waals surface area contributed by atoms with Gasteiger partial charge >= 0.3 is 0 Å². The summed E-state index contributed by atoms with van der Waals surface area (Å²) < 4.78 is 23.2. The third-order valence-electron chi connectivity index (χ3n) is 7.01. The van der Waals surface area contributed by atoms with Crippen LogP contribution in [0.4, 0.5) is 15.8 Å². The maximum Gasteiger partial charge on any atom is 0.251 e. The molecule has 2 amide bonds. The van der Waals surface area contributed by atoms with Crippen molar-refractivity contribution in [3.05, 3.63) is 88.7 Å². The Hall–Kier alpha value is -4.48. The number of benzene rings is 2. The van der Waals surface area contributed by atoms with Crippen molar-refractivity contribution in [2.45, 2.75) is 25.3 Å². The lowest BCUT2D eigenvalue weighted by atomic mass is 10.0. The number of carbonyl (C=O) groups is 2. The van der Waals surface area contributed by atoms with Gasteiger partial charge in [-0.1, -0.05) is 28.4 Å². The highest BCUT2D eigenvalue weighted by molar-refractivity contribution is 6.36. The maximum absolute atomic E-state index is 14.9. The van der Waals surface area contributed by atoms with E-state index in [0.29, 0.717) is 45.8 Å². The van der Waals surface area contributed by atoms with E-state index in [2.05, 4.69) is 20.6 Å². The Kier molecular flexibility index (Phi) is 7.53. The number of carbonyl (C=O) groups excluding carboxylic acids is 2. The van der Waals surface area contributed by atoms with E-state index in [1.165, 1.54) is 22.9 Å². The molecular formula is C29H24Cl2FN7O3. The van der Waals surface area contributed by atoms with Crippen molar-refractivity contribution in [2.24, 2.45) is 0 Å². The second kappa shape index (κ2) is 11.4. The summed E-state index contributed by atoms with van der Waals surface area (Å²) in [6, 6.07) is 12.5. The highest BCUT2D eigenvalue weighted by Gasteiger charge is 2.32. The summed E-state index contributed by atoms with van der Waals surface area (Å²) in [7, 11) is 1.59. The first-order chi connectivity index (χ1) is 20.3. The number of amides is 2. The zero-order chi connectivity index (χ0) is 29.4. The normalized spacial score (nSPS) is 15.3. The summed E-state index contributed by atoms with van der Waals surface area (Å²) in [6.45, 7) is 0.579. The number of pyridine rings is 1. The molecule has 0 spiro atoms. The van der Waals surface area contributed by atoms with Crippen LogP contribution >= 0.6 is 23.2 Å². The summed E-state index contributed by atoms with van der Waals surface area (Å²) in [6.07, 6.45) is 6.17. The third kappa shape index (κ3) is 5.53. The van der Waals surface area contributed by atoms with Crippen molar-refractivity contribution >= 4 is 52.0 Å². The fourth-order valence-corrected chi connectivity index (χ4v) is 5.53. The van der Waals surface area contributed by atoms with E-state index in [1.54, 1.807) is 53.2 Å². The number of imidazole rings is 1. The molecule has 0 radical (unpaired) electrons. The van der Waals surface area contributed by atoms with Gasteiger partial charge in [-0.05, 0) is 61.4 Å². The Bertz CT molecular complexity index is 1810. The van der Waals surface area contributed by atoms with Crippen LogP contribution in [0.1, 0.15) is 24.6 Å². The standard InChI is InChI=1S/C29H24Cl2FN7O3/c1-42-21-7-5-20(6-8-21)38-10-2-3-26(29(38)41)39-16-25(35-36-39)22-12-18(4-9-24(22)32)33-27(40)13-19-15-37-14-17(30)11-23(31)28(37)34-19/h4-9,11-12,14-16,26H,2-3,10,13H2,1H3,(H,33,40). The molecule has 1 aliphatic rings. The van der Waals surface area contributed by atoms with Crippen molar-refractivity contribution in [2.75, 3.05) is 23.9 Å². The average Bonchev–Trinajstić information content (AvgIpc) is 3.62. The highest BCUT2D eigenvalue weighted by atomic mass is 35.5. The van der Waals surface area contributed by atoms with Crippen LogP contribution in [0, 0.1) is 5.82 Å². The van der Waals surface area contributed by atoms with Crippen LogP contribution in [0.25, 0.3) is 16.9 Å². The van der Waals surface area contributed by atoms with Crippen molar-refractivity contribution in [3.63, 3.8) is 0 Å². The number of methoxy groups -OCH3 is 1. The molecule has 3 aromatic heterocycles. The number of hydrogen-bond donors (Lipinski definition) is 1. The van der Waals surface area contributed by atoms with E-state index in [9.17, 15) is 14.0 Å². The summed E-state index contributed by atoms with van der Waals surface area (Å²) in [5.74, 6) is -0.318. The Morgan fingerprint density at radius 1 is 1.12 bits per heavy atom. The predicted molar refractivity (Wildman–Crippen MR) is 157 cm³/mol. The van der Waals surface area contributed by atoms with E-state index in [0.717, 1.165) is 12.1 Å². The quantitative estimate of drug-likeness (QED) is 0.258. The summed E-state index contributed by atoms with van der Waals surface area (Å²) in [5, 5.41) is 11.9. The van der Waals surface area contributed by atoms with Gasteiger partial charge < -0.3 is 19.4 Å². The number of halogens is 3. The molecule has 5 aromatic rings. The molecule has 0 bridgehead atoms. The minimum absolute atomic E-state index is 0.0347. The van der Waals surface area contributed by atoms with Crippen LogP contribution in [0.2, 0.25) is 10.0 Å². The number of fused-ring (bicyclic) bond motifs is 1. The second-order valence-corrected chi connectivity index (χ2v) is 10.7. The number of nitrogens with one attached hydrogen (secondary N) is 1. The predicted octanol–water partition coefficient (Wildman–Crippen LogP) is 5.60. The van der Waals surface area contributed by atoms with Gasteiger partial charge in [-0.25, -0.2) is 14.1 Å². The van der Waals surface area contributed by atoms with Gasteiger partial charge in [0.05, 0.1) is 35.5 Å². The number of rotatable bonds is 7. The number of anilines is 2. The number of nitrogens with zero attached hydrogens (tertiary/aromatic N) is 6. The van der Waals surface area contributed by atoms with E-state index >= 15 is 0 Å². The fraction of sp³-hybridized carbons (Fsp3) is 0.207. The molecule has 13 heteroatoms. The minimum Gasteiger partial charge on any atom is -0.497 e. The van der Waals surface area contributed by atoms with Crippen LogP contribution in [0.3, 0.4) is 0 Å². The maximum atomic E-state index is 14.9. The number of piperidine rings is 1. The van der Waals surface area contributed by atoms with Gasteiger partial charge in [-0.3, -0.25) is 9.59 Å². The van der Waals surface area contributed by atoms with Gasteiger partial charge in [0.15, 0.2) is 5.65 Å². The average molecular weight is 608 g/mol. The van der Waals surface area contributed by atoms with E-state index in [4.69, 9.17) is 27.9 Å². The first kappa shape index (κ1) is 27.7. The number of ether oxygens (including phenoxy) is 1. The molecule has 42 heavy (non-hydrogen) atoms. The molecule has 1 N–H and O–H groups in total. The van der Waals surface area contributed by atoms with E-state index < -0.39 is 11.9 Å². The molecule has 0 aliphatic carbocycles. The van der Waals surface area contributed by atoms with Crippen molar-refractivity contribution < 1.29 is 18.7 Å². The smallest absolute Gasteiger partial charge is 0.251 e. The van der Waals surface area contributed by atoms with Crippen LogP contribution < -0.4 is 15.0 Å². The lowest BCUT2D eigenvalue weighted by molar-refractivity contribution is -0.123. The van der Waals surface area contributed by atoms with Crippen LogP contribution in [-0.2, 0) is 16.0 Å². The Morgan fingerprint density at radius 3 is 2.71 bits per heavy atom. The third-order valence-corrected chi connectivity index (χ3v) is 7.50. The topological polar surface area (TPSA) is 107 Å². The molecule has 4 heterocycles. The van der Waals surface area contributed by atoms with E-state index in [-0.39, 0.29) is 29.5 Å². The first-order valence-corrected chi connectivity index (χ1v) is 13.8. The number of aromatic nitrogens is 5. The molecule has 1 saturated heterocycles. The molecule has 1 atom stereocenters. The second-order valence-electron chi connectivity index (χ2n) is 9.82. The molecule has 6 rings (SSSR count). The van der Waals surface area contributed by atoms with Crippen LogP contribution in [0.5, 0.6) is 5.75 Å². The van der Waals surface area contributed by atoms with Gasteiger partial charge in [0.25, 0.3) is 5.91 Å². The van der Waals surface area contributed by atoms with Gasteiger partial charge in [0.2, 0.25) is 5.91 Å². The zero-order valence-electron chi connectivity index (χ0n) is 22.3. The van der Waals surface area contributed by atoms with Gasteiger partial charge in [-0.2, -0.15) is 0 Å². The number of hydrogen-bond acceptors (Lipinski definition) is 6. The molecule has 214 valence electrons. The van der Waals surface area contributed by atoms with Crippen molar-refractivity contribution in [1.82, 2.24) is 24.4 Å². The van der Waals surface area contributed by atoms with E-state index in [1.807, 2.05) is 12.1 Å². The monoisotopic (exact) mass is 607 g/mol. The van der Waals surface area contributed by atoms with Crippen molar-refractivity contribution in [3.8, 4) is 17.0 Å². The summed E-state index contributed by atoms with van der Waals surface area (Å²) in [4.78, 5) is 32.3. The van der Waals surface area contributed by atoms with Crippen LogP contribution in [0.15, 0.2) is 67.1 Å². The molecular weight excluding hydrogens is 584 g/mol. The zero-order valence-corrected chi connectivity index (χ0v) is 23.8. The fourth-order valence-electron chi connectivity index (χ4n) is 5.00. The first-order valence-electron chi connectivity index (χ1n) is 13.1. The molecule has 1 unspecified atom stereocenters. The SMILES string of the molecule is COc1ccc(N2CCCC(n3cc(-c4cc(NC(=O)Cc5cn6cc(Cl)cc(Cl)c6n5)ccc4F)nn3)C2=O)cc1. The van der Waals surface area contributed by atoms with Gasteiger partial charge in [0, 0.05) is 35.9 Å². The molecule has 0 saturated carbocycles. The Balaban J connectivity index is 1.17. The summed E-state index contributed by atoms with van der Waals surface area (Å²) >= 11 is 12.2. The minimum atomic E-state index is -0.582. The molecule has 10 nitrogen and oxygen atoms in total. The lowest BCUT2D eigenvalue weighted by Crippen LogP contribution is -2.42.